The third-order valence-corrected chi connectivity index (χ3v) is 0.985. The summed E-state index contributed by atoms with van der Waals surface area (Å²) in [6, 6.07) is 0. The number of carboxylic acid groups (broad SMARTS) is 1. The first-order chi connectivity index (χ1) is 5.04. The van der Waals surface area contributed by atoms with Crippen LogP contribution in [-0.2, 0) is 4.79 Å². The summed E-state index contributed by atoms with van der Waals surface area (Å²) in [5.74, 6) is 0.0694. The molecule has 11 heavy (non-hydrogen) atoms. The van der Waals surface area contributed by atoms with Crippen LogP contribution >= 0.6 is 0 Å². The molecule has 0 aliphatic carbocycles. The molecule has 1 aromatic rings. The van der Waals surface area contributed by atoms with E-state index >= 15 is 0 Å². The zero-order chi connectivity index (χ0) is 8.85. The summed E-state index contributed by atoms with van der Waals surface area (Å²) in [5, 5.41) is 7.42. The molecule has 0 saturated carbocycles. The fourth-order valence-corrected chi connectivity index (χ4v) is 0.361. The summed E-state index contributed by atoms with van der Waals surface area (Å²) in [6.07, 6.45) is 1.45. The number of carboxylic acids is 1. The van der Waals surface area contributed by atoms with Gasteiger partial charge < -0.3 is 9.52 Å². The van der Waals surface area contributed by atoms with Gasteiger partial charge in [0.25, 0.3) is 5.97 Å². The van der Waals surface area contributed by atoms with Crippen molar-refractivity contribution in [2.45, 2.75) is 20.8 Å². The highest BCUT2D eigenvalue weighted by atomic mass is 16.4. The average molecular weight is 157 g/mol. The largest absolute Gasteiger partial charge is 0.481 e. The molecule has 0 spiro atoms. The molecule has 0 atom stereocenters. The van der Waals surface area contributed by atoms with Gasteiger partial charge in [-0.15, -0.1) is 0 Å². The van der Waals surface area contributed by atoms with Crippen molar-refractivity contribution in [3.05, 3.63) is 17.8 Å². The van der Waals surface area contributed by atoms with E-state index in [1.807, 2.05) is 13.8 Å². The van der Waals surface area contributed by atoms with Crippen LogP contribution < -0.4 is 0 Å². The second kappa shape index (κ2) is 4.49. The monoisotopic (exact) mass is 157 g/mol. The fraction of sp³-hybridized carbons (Fsp3) is 0.429. The number of aromatic nitrogens is 1. The van der Waals surface area contributed by atoms with E-state index in [1.165, 1.54) is 6.39 Å². The Hall–Kier alpha value is -1.32. The minimum absolute atomic E-state index is 0.833. The third-order valence-electron chi connectivity index (χ3n) is 0.985. The van der Waals surface area contributed by atoms with E-state index in [0.717, 1.165) is 18.4 Å². The molecule has 4 heteroatoms. The van der Waals surface area contributed by atoms with Gasteiger partial charge in [0.05, 0.1) is 5.69 Å². The molecule has 0 aliphatic heterocycles. The predicted molar refractivity (Wildman–Crippen MR) is 39.3 cm³/mol. The van der Waals surface area contributed by atoms with Crippen LogP contribution in [0.1, 0.15) is 18.4 Å². The van der Waals surface area contributed by atoms with Gasteiger partial charge in [-0.25, -0.2) is 4.98 Å². The second-order valence-electron chi connectivity index (χ2n) is 2.01. The van der Waals surface area contributed by atoms with Crippen LogP contribution in [0, 0.1) is 13.8 Å². The molecule has 0 aliphatic rings. The van der Waals surface area contributed by atoms with E-state index in [2.05, 4.69) is 4.98 Å². The van der Waals surface area contributed by atoms with E-state index < -0.39 is 5.97 Å². The summed E-state index contributed by atoms with van der Waals surface area (Å²) in [7, 11) is 0. The summed E-state index contributed by atoms with van der Waals surface area (Å²) in [6.45, 7) is 4.89. The highest BCUT2D eigenvalue weighted by molar-refractivity contribution is 5.62. The van der Waals surface area contributed by atoms with Crippen molar-refractivity contribution in [2.24, 2.45) is 0 Å². The van der Waals surface area contributed by atoms with E-state index in [4.69, 9.17) is 14.3 Å². The molecule has 4 nitrogen and oxygen atoms in total. The summed E-state index contributed by atoms with van der Waals surface area (Å²) in [5.41, 5.74) is 0.972. The van der Waals surface area contributed by atoms with Crippen molar-refractivity contribution in [1.29, 1.82) is 0 Å². The van der Waals surface area contributed by atoms with Crippen molar-refractivity contribution in [1.82, 2.24) is 4.98 Å². The van der Waals surface area contributed by atoms with Gasteiger partial charge in [-0.1, -0.05) is 0 Å². The number of hydrogen-bond donors (Lipinski definition) is 1. The Bertz CT molecular complexity index is 209. The van der Waals surface area contributed by atoms with Crippen LogP contribution in [0.25, 0.3) is 0 Å². The van der Waals surface area contributed by atoms with Gasteiger partial charge >= 0.3 is 0 Å². The summed E-state index contributed by atoms with van der Waals surface area (Å²) >= 11 is 0. The van der Waals surface area contributed by atoms with Gasteiger partial charge in [-0.05, 0) is 13.8 Å². The first kappa shape index (κ1) is 9.68. The third kappa shape index (κ3) is 5.14. The summed E-state index contributed by atoms with van der Waals surface area (Å²) < 4.78 is 4.85. The van der Waals surface area contributed by atoms with Gasteiger partial charge in [0.15, 0.2) is 6.39 Å². The Morgan fingerprint density at radius 3 is 2.18 bits per heavy atom. The zero-order valence-electron chi connectivity index (χ0n) is 6.79. The molecule has 0 bridgehead atoms. The van der Waals surface area contributed by atoms with Gasteiger partial charge in [0.1, 0.15) is 5.76 Å². The molecule has 1 aromatic heterocycles. The van der Waals surface area contributed by atoms with Crippen molar-refractivity contribution < 1.29 is 14.3 Å². The second-order valence-corrected chi connectivity index (χ2v) is 2.01. The number of carbonyl (C=O) groups is 1. The topological polar surface area (TPSA) is 63.3 Å². The van der Waals surface area contributed by atoms with Crippen LogP contribution in [0.15, 0.2) is 10.8 Å². The maximum atomic E-state index is 9.00. The van der Waals surface area contributed by atoms with Crippen LogP contribution in [0.3, 0.4) is 0 Å². The Balaban J connectivity index is 0.000000218. The minimum Gasteiger partial charge on any atom is -0.481 e. The smallest absolute Gasteiger partial charge is 0.300 e. The predicted octanol–water partition coefficient (Wildman–Crippen LogP) is 1.38. The van der Waals surface area contributed by atoms with Crippen LogP contribution in [0.5, 0.6) is 0 Å². The molecule has 0 aromatic carbocycles. The maximum Gasteiger partial charge on any atom is 0.300 e. The van der Waals surface area contributed by atoms with Crippen LogP contribution in [0.4, 0.5) is 0 Å². The molecular formula is C7H11NO3. The Labute approximate surface area is 64.9 Å². The van der Waals surface area contributed by atoms with Gasteiger partial charge in [-0.3, -0.25) is 4.79 Å². The molecule has 0 fully saturated rings. The molecule has 0 saturated heterocycles. The Morgan fingerprint density at radius 2 is 2.09 bits per heavy atom. The Kier molecular flexibility index (Phi) is 3.95. The molecule has 1 N–H and O–H groups in total. The maximum absolute atomic E-state index is 9.00. The van der Waals surface area contributed by atoms with Crippen LogP contribution in [-0.4, -0.2) is 16.1 Å². The highest BCUT2D eigenvalue weighted by Crippen LogP contribution is 1.99. The fourth-order valence-electron chi connectivity index (χ4n) is 0.361. The van der Waals surface area contributed by atoms with Crippen molar-refractivity contribution in [3.8, 4) is 0 Å². The first-order valence-electron chi connectivity index (χ1n) is 3.10. The molecule has 1 rings (SSSR count). The lowest BCUT2D eigenvalue weighted by molar-refractivity contribution is -0.134. The lowest BCUT2D eigenvalue weighted by Crippen LogP contribution is -1.78. The van der Waals surface area contributed by atoms with E-state index in [0.29, 0.717) is 0 Å². The molecular weight excluding hydrogens is 146 g/mol. The van der Waals surface area contributed by atoms with Crippen molar-refractivity contribution in [3.63, 3.8) is 0 Å². The normalized spacial score (nSPS) is 8.27. The standard InChI is InChI=1S/C5H7NO.C2H4O2/c1-4-5(2)7-3-6-4;1-2(3)4/h3H,1-2H3;1H3,(H,3,4). The molecule has 62 valence electrons. The molecule has 0 amide bonds. The van der Waals surface area contributed by atoms with E-state index in [-0.39, 0.29) is 0 Å². The average Bonchev–Trinajstić information content (AvgIpc) is 2.15. The number of rotatable bonds is 0. The zero-order valence-corrected chi connectivity index (χ0v) is 6.79. The number of aliphatic carboxylic acids is 1. The highest BCUT2D eigenvalue weighted by Gasteiger charge is 1.90. The quantitative estimate of drug-likeness (QED) is 0.618. The number of aryl methyl sites for hydroxylation is 2. The minimum atomic E-state index is -0.833. The van der Waals surface area contributed by atoms with E-state index in [1.54, 1.807) is 0 Å². The van der Waals surface area contributed by atoms with E-state index in [9.17, 15) is 0 Å². The van der Waals surface area contributed by atoms with Crippen molar-refractivity contribution in [2.75, 3.05) is 0 Å². The van der Waals surface area contributed by atoms with Gasteiger partial charge in [-0.2, -0.15) is 0 Å². The number of hydrogen-bond acceptors (Lipinski definition) is 3. The molecule has 0 radical (unpaired) electrons. The molecule has 0 unspecified atom stereocenters. The lowest BCUT2D eigenvalue weighted by Gasteiger charge is -1.76. The SMILES string of the molecule is CC(=O)O.Cc1ncoc1C. The first-order valence-corrected chi connectivity index (χ1v) is 3.10. The van der Waals surface area contributed by atoms with Crippen LogP contribution in [0.2, 0.25) is 0 Å². The number of oxazole rings is 1. The number of nitrogens with zero attached hydrogens (tertiary/aromatic N) is 1. The lowest BCUT2D eigenvalue weighted by atomic mass is 10.4. The summed E-state index contributed by atoms with van der Waals surface area (Å²) in [4.78, 5) is 12.8. The Morgan fingerprint density at radius 1 is 1.64 bits per heavy atom. The molecule has 1 heterocycles. The van der Waals surface area contributed by atoms with Gasteiger partial charge in [0, 0.05) is 6.92 Å². The van der Waals surface area contributed by atoms with Gasteiger partial charge in [0.2, 0.25) is 0 Å². The van der Waals surface area contributed by atoms with Crippen molar-refractivity contribution >= 4 is 5.97 Å².